The van der Waals surface area contributed by atoms with E-state index in [1.54, 1.807) is 6.08 Å². The number of primary amides is 1. The fourth-order valence-electron chi connectivity index (χ4n) is 1.43. The van der Waals surface area contributed by atoms with E-state index in [-0.39, 0.29) is 12.5 Å². The van der Waals surface area contributed by atoms with E-state index in [1.807, 2.05) is 12.1 Å². The Labute approximate surface area is 127 Å². The minimum atomic E-state index is -0.492. The molecule has 6 nitrogen and oxygen atoms in total. The summed E-state index contributed by atoms with van der Waals surface area (Å²) >= 11 is 4.88. The number of amides is 2. The molecule has 0 spiro atoms. The summed E-state index contributed by atoms with van der Waals surface area (Å²) in [6.45, 7) is -0.0189. The van der Waals surface area contributed by atoms with Crippen LogP contribution in [0.15, 0.2) is 34.4 Å². The summed E-state index contributed by atoms with van der Waals surface area (Å²) in [5.41, 5.74) is 5.56. The Balaban J connectivity index is 1.92. The first kappa shape index (κ1) is 14.5. The number of halogens is 1. The molecule has 0 unspecified atom stereocenters. The van der Waals surface area contributed by atoms with Crippen LogP contribution in [0.1, 0.15) is 4.88 Å². The lowest BCUT2D eigenvalue weighted by atomic mass is 10.4. The van der Waals surface area contributed by atoms with Crippen LogP contribution in [0.5, 0.6) is 0 Å². The van der Waals surface area contributed by atoms with Gasteiger partial charge in [-0.05, 0) is 34.1 Å². The van der Waals surface area contributed by atoms with Crippen molar-refractivity contribution in [2.24, 2.45) is 5.73 Å². The highest BCUT2D eigenvalue weighted by Crippen LogP contribution is 2.22. The summed E-state index contributed by atoms with van der Waals surface area (Å²) in [5.74, 6) is -0.762. The van der Waals surface area contributed by atoms with Gasteiger partial charge < -0.3 is 11.1 Å². The molecule has 0 radical (unpaired) electrons. The highest BCUT2D eigenvalue weighted by atomic mass is 79.9. The molecule has 0 aliphatic heterocycles. The highest BCUT2D eigenvalue weighted by molar-refractivity contribution is 9.11. The molecule has 2 rings (SSSR count). The Bertz CT molecular complexity index is 662. The molecule has 0 saturated heterocycles. The molecule has 0 aliphatic rings. The zero-order valence-electron chi connectivity index (χ0n) is 10.2. The molecule has 0 fully saturated rings. The quantitative estimate of drug-likeness (QED) is 0.802. The van der Waals surface area contributed by atoms with Crippen molar-refractivity contribution in [1.29, 1.82) is 0 Å². The van der Waals surface area contributed by atoms with Crippen molar-refractivity contribution in [3.8, 4) is 0 Å². The van der Waals surface area contributed by atoms with E-state index >= 15 is 0 Å². The molecule has 0 aromatic carbocycles. The number of carbonyl (C=O) groups is 2. The molecule has 3 N–H and O–H groups in total. The van der Waals surface area contributed by atoms with E-state index in [0.717, 1.165) is 8.66 Å². The zero-order chi connectivity index (χ0) is 14.5. The molecule has 0 aliphatic carbocycles. The topological polar surface area (TPSA) is 90.0 Å². The second kappa shape index (κ2) is 6.49. The molecule has 20 heavy (non-hydrogen) atoms. The molecule has 2 heterocycles. The number of nitrogens with one attached hydrogen (secondary N) is 1. The van der Waals surface area contributed by atoms with Crippen LogP contribution in [0.4, 0.5) is 5.69 Å². The lowest BCUT2D eigenvalue weighted by Crippen LogP contribution is -2.18. The summed E-state index contributed by atoms with van der Waals surface area (Å²) in [5, 5.41) is 6.55. The van der Waals surface area contributed by atoms with Gasteiger partial charge in [-0.15, -0.1) is 11.3 Å². The van der Waals surface area contributed by atoms with Crippen LogP contribution < -0.4 is 11.1 Å². The van der Waals surface area contributed by atoms with Crippen molar-refractivity contribution < 1.29 is 9.59 Å². The number of hydrogen-bond acceptors (Lipinski definition) is 4. The second-order valence-corrected chi connectivity index (χ2v) is 6.35. The van der Waals surface area contributed by atoms with Crippen LogP contribution in [0, 0.1) is 0 Å². The standard InChI is InChI=1S/C12H11BrN4O2S/c13-10-3-1-9(20-10)2-4-12(19)16-8-5-15-17(6-8)7-11(14)18/h1-6H,7H2,(H2,14,18)(H,16,19)/b4-2+. The van der Waals surface area contributed by atoms with Crippen LogP contribution in [-0.2, 0) is 16.1 Å². The largest absolute Gasteiger partial charge is 0.368 e. The fourth-order valence-corrected chi connectivity index (χ4v) is 2.76. The summed E-state index contributed by atoms with van der Waals surface area (Å²) in [6, 6.07) is 3.82. The van der Waals surface area contributed by atoms with Crippen molar-refractivity contribution in [3.63, 3.8) is 0 Å². The Morgan fingerprint density at radius 3 is 2.95 bits per heavy atom. The molecule has 0 saturated carbocycles. The maximum atomic E-state index is 11.7. The smallest absolute Gasteiger partial charge is 0.248 e. The number of carbonyl (C=O) groups excluding carboxylic acids is 2. The first-order valence-electron chi connectivity index (χ1n) is 5.58. The Morgan fingerprint density at radius 1 is 1.50 bits per heavy atom. The molecule has 2 aromatic rings. The van der Waals surface area contributed by atoms with Crippen molar-refractivity contribution in [2.75, 3.05) is 5.32 Å². The third-order valence-electron chi connectivity index (χ3n) is 2.21. The minimum absolute atomic E-state index is 0.0189. The van der Waals surface area contributed by atoms with E-state index < -0.39 is 5.91 Å². The van der Waals surface area contributed by atoms with Gasteiger partial charge in [0.25, 0.3) is 0 Å². The second-order valence-electron chi connectivity index (χ2n) is 3.86. The highest BCUT2D eigenvalue weighted by Gasteiger charge is 2.03. The minimum Gasteiger partial charge on any atom is -0.368 e. The molecule has 0 bridgehead atoms. The van der Waals surface area contributed by atoms with E-state index in [2.05, 4.69) is 26.3 Å². The number of aromatic nitrogens is 2. The summed E-state index contributed by atoms with van der Waals surface area (Å²) in [7, 11) is 0. The van der Waals surface area contributed by atoms with Crippen molar-refractivity contribution in [2.45, 2.75) is 6.54 Å². The van der Waals surface area contributed by atoms with E-state index in [4.69, 9.17) is 5.73 Å². The molecule has 104 valence electrons. The van der Waals surface area contributed by atoms with Gasteiger partial charge in [-0.3, -0.25) is 14.3 Å². The van der Waals surface area contributed by atoms with Gasteiger partial charge in [-0.1, -0.05) is 0 Å². The summed E-state index contributed by atoms with van der Waals surface area (Å²) in [4.78, 5) is 23.4. The molecule has 0 atom stereocenters. The van der Waals surface area contributed by atoms with E-state index in [9.17, 15) is 9.59 Å². The maximum Gasteiger partial charge on any atom is 0.248 e. The third kappa shape index (κ3) is 4.32. The first-order chi connectivity index (χ1) is 9.52. The van der Waals surface area contributed by atoms with Gasteiger partial charge in [0.05, 0.1) is 15.7 Å². The Morgan fingerprint density at radius 2 is 2.30 bits per heavy atom. The van der Waals surface area contributed by atoms with Gasteiger partial charge in [-0.2, -0.15) is 5.10 Å². The summed E-state index contributed by atoms with van der Waals surface area (Å²) < 4.78 is 2.36. The average molecular weight is 355 g/mol. The van der Waals surface area contributed by atoms with Crippen molar-refractivity contribution in [3.05, 3.63) is 39.3 Å². The Kier molecular flexibility index (Phi) is 4.70. The van der Waals surface area contributed by atoms with E-state index in [0.29, 0.717) is 5.69 Å². The summed E-state index contributed by atoms with van der Waals surface area (Å²) in [6.07, 6.45) is 6.15. The molecule has 2 amide bonds. The normalized spacial score (nSPS) is 10.8. The van der Waals surface area contributed by atoms with Crippen LogP contribution >= 0.6 is 27.3 Å². The number of hydrogen-bond donors (Lipinski definition) is 2. The van der Waals surface area contributed by atoms with Crippen molar-refractivity contribution >= 4 is 50.8 Å². The zero-order valence-corrected chi connectivity index (χ0v) is 12.6. The molecular formula is C12H11BrN4O2S. The number of anilines is 1. The average Bonchev–Trinajstić information content (AvgIpc) is 2.95. The predicted octanol–water partition coefficient (Wildman–Crippen LogP) is 1.84. The monoisotopic (exact) mass is 354 g/mol. The predicted molar refractivity (Wildman–Crippen MR) is 81.1 cm³/mol. The lowest BCUT2D eigenvalue weighted by Gasteiger charge is -1.97. The van der Waals surface area contributed by atoms with Gasteiger partial charge >= 0.3 is 0 Å². The van der Waals surface area contributed by atoms with Gasteiger partial charge in [0.2, 0.25) is 11.8 Å². The maximum absolute atomic E-state index is 11.7. The number of rotatable bonds is 5. The SMILES string of the molecule is NC(=O)Cn1cc(NC(=O)/C=C/c2ccc(Br)s2)cn1. The van der Waals surface area contributed by atoms with Gasteiger partial charge in [0.1, 0.15) is 6.54 Å². The number of nitrogens with zero attached hydrogens (tertiary/aromatic N) is 2. The van der Waals surface area contributed by atoms with Crippen molar-refractivity contribution in [1.82, 2.24) is 9.78 Å². The van der Waals surface area contributed by atoms with Crippen LogP contribution in [0.2, 0.25) is 0 Å². The third-order valence-corrected chi connectivity index (χ3v) is 3.80. The fraction of sp³-hybridized carbons (Fsp3) is 0.0833. The Hall–Kier alpha value is -1.93. The van der Waals surface area contributed by atoms with Crippen LogP contribution in [-0.4, -0.2) is 21.6 Å². The molecule has 2 aromatic heterocycles. The lowest BCUT2D eigenvalue weighted by molar-refractivity contribution is -0.118. The van der Waals surface area contributed by atoms with Gasteiger partial charge in [0.15, 0.2) is 0 Å². The molecular weight excluding hydrogens is 344 g/mol. The van der Waals surface area contributed by atoms with Gasteiger partial charge in [-0.25, -0.2) is 0 Å². The number of nitrogens with two attached hydrogens (primary N) is 1. The number of thiophene rings is 1. The van der Waals surface area contributed by atoms with E-state index in [1.165, 1.54) is 34.5 Å². The van der Waals surface area contributed by atoms with Gasteiger partial charge in [0, 0.05) is 17.2 Å². The van der Waals surface area contributed by atoms with Crippen LogP contribution in [0.3, 0.4) is 0 Å². The van der Waals surface area contributed by atoms with Crippen LogP contribution in [0.25, 0.3) is 6.08 Å². The molecule has 8 heteroatoms. The first-order valence-corrected chi connectivity index (χ1v) is 7.19.